The number of aliphatic hydroxyl groups excluding tert-OH is 16. The van der Waals surface area contributed by atoms with E-state index in [4.69, 9.17) is 71.1 Å². The molecule has 0 bridgehead atoms. The van der Waals surface area contributed by atoms with E-state index in [-0.39, 0.29) is 0 Å². The van der Waals surface area contributed by atoms with Crippen molar-refractivity contribution in [3.8, 4) is 0 Å². The fraction of sp³-hybridized carbons (Fsp3) is 0.811. The molecule has 0 heterocycles. The first kappa shape index (κ1) is 111. The van der Waals surface area contributed by atoms with E-state index in [1.165, 1.54) is 0 Å². The summed E-state index contributed by atoms with van der Waals surface area (Å²) in [6.45, 7) is -18.3. The summed E-state index contributed by atoms with van der Waals surface area (Å²) in [7, 11) is 0. The topological polar surface area (TPSA) is 701 Å². The van der Waals surface area contributed by atoms with Gasteiger partial charge in [0.15, 0.2) is 0 Å². The van der Waals surface area contributed by atoms with Gasteiger partial charge in [0.05, 0.1) is 119 Å². The predicted molar refractivity (Wildman–Crippen MR) is 391 cm³/mol. The minimum absolute atomic E-state index is 0.671. The van der Waals surface area contributed by atoms with Crippen molar-refractivity contribution in [1.29, 1.82) is 0 Å². The molecule has 0 amide bonds. The van der Waals surface area contributed by atoms with Crippen molar-refractivity contribution >= 4 is 83.6 Å². The van der Waals surface area contributed by atoms with Gasteiger partial charge in [-0.05, 0) is 96.9 Å². The molecule has 45 nitrogen and oxygen atoms in total. The second-order valence-corrected chi connectivity index (χ2v) is 33.2. The lowest BCUT2D eigenvalue weighted by molar-refractivity contribution is -0.190. The molecule has 0 saturated carbocycles. The Morgan fingerprint density at radius 2 is 0.227 bits per heavy atom. The molecule has 0 rings (SSSR count). The van der Waals surface area contributed by atoms with Gasteiger partial charge in [0.1, 0.15) is 168 Å². The van der Waals surface area contributed by atoms with Crippen LogP contribution in [0.2, 0.25) is 0 Å². The second-order valence-electron chi connectivity index (χ2n) is 33.2. The van der Waals surface area contributed by atoms with Crippen LogP contribution in [-0.4, -0.2) is 377 Å². The summed E-state index contributed by atoms with van der Waals surface area (Å²) in [6.07, 6.45) is 0. The van der Waals surface area contributed by atoms with Gasteiger partial charge >= 0.3 is 83.6 Å². The molecule has 0 aliphatic rings. The van der Waals surface area contributed by atoms with Crippen LogP contribution in [0.3, 0.4) is 0 Å². The molecule has 0 fully saturated rings. The van der Waals surface area contributed by atoms with E-state index < -0.39 is 371 Å². The SMILES string of the molecule is CC(CO)(CO)C(=O)OCC(C)(COC(=O)C(C)(CO)CO)C(=O)OCC(C)(COC(=O)C(C)(COC(=O)C(C)(CO)CO)COC(=O)C(C)(CO)CO)C(=O)OCCOCCOC(=O)C(C)(COC(=O)C(C)(COC(=O)C(C)(CO)CO)COC(=O)C(C)(CO)CO)COC(=O)C(C)(COC(=O)C(C)(CO)CO)COC(=O)C(C)(CO)CO. The predicted octanol–water partition coefficient (Wildman–Crippen LogP) is -7.43. The standard InChI is InChI=1S/C74H122O45/c1-61(19-75,20-76)47(91)108-39-71(11,40-109-48(92)62(2,21-77)22-78)57(101)116-35-69(9,36-117-58(102)72(12,41-110-49(93)63(3,23-79)24-80)42-111-50(94)64(4,25-81)26-82)55(99)106-17-15-105-16-18-107-56(100)70(10,37-118-59(103)73(13,43-112-51(95)65(5,27-83)28-84)44-113-52(96)66(6,29-85)30-86)38-119-60(104)74(14,45-114-53(97)67(7,31-87)32-88)46-115-54(98)68(8,33-89)34-90/h75-90H,15-46H2,1-14H3. The Hall–Kier alpha value is -8.10. The van der Waals surface area contributed by atoms with E-state index in [2.05, 4.69) is 0 Å². The van der Waals surface area contributed by atoms with Gasteiger partial charge in [-0.25, -0.2) is 0 Å². The number of aliphatic hydroxyl groups is 16. The molecule has 0 unspecified atom stereocenters. The molecule has 0 saturated heterocycles. The highest BCUT2D eigenvalue weighted by molar-refractivity contribution is 5.86. The average Bonchev–Trinajstić information content (AvgIpc) is 0.816. The monoisotopic (exact) mass is 1730 g/mol. The summed E-state index contributed by atoms with van der Waals surface area (Å²) in [5.74, 6) is -19.3. The van der Waals surface area contributed by atoms with Crippen LogP contribution < -0.4 is 0 Å². The summed E-state index contributed by atoms with van der Waals surface area (Å²) in [5.41, 5.74) is -30.3. The molecule has 119 heavy (non-hydrogen) atoms. The molecule has 16 N–H and O–H groups in total. The van der Waals surface area contributed by atoms with Crippen LogP contribution in [0, 0.1) is 75.8 Å². The van der Waals surface area contributed by atoms with Crippen LogP contribution >= 0.6 is 0 Å². The van der Waals surface area contributed by atoms with Crippen molar-refractivity contribution in [3.05, 3.63) is 0 Å². The zero-order valence-corrected chi connectivity index (χ0v) is 69.6. The van der Waals surface area contributed by atoms with Gasteiger partial charge < -0.3 is 153 Å². The second kappa shape index (κ2) is 47.9. The van der Waals surface area contributed by atoms with E-state index in [1.54, 1.807) is 0 Å². The van der Waals surface area contributed by atoms with Gasteiger partial charge in [0, 0.05) is 0 Å². The third kappa shape index (κ3) is 30.2. The number of rotatable bonds is 60. The van der Waals surface area contributed by atoms with E-state index in [1.807, 2.05) is 0 Å². The maximum absolute atomic E-state index is 14.5. The van der Waals surface area contributed by atoms with Gasteiger partial charge in [-0.15, -0.1) is 0 Å². The molecule has 45 heteroatoms. The van der Waals surface area contributed by atoms with Crippen LogP contribution in [0.25, 0.3) is 0 Å². The highest BCUT2D eigenvalue weighted by Gasteiger charge is 2.52. The minimum atomic E-state index is -2.47. The van der Waals surface area contributed by atoms with Gasteiger partial charge in [-0.3, -0.25) is 67.1 Å². The number of ether oxygens (including phenoxy) is 15. The first-order valence-electron chi connectivity index (χ1n) is 36.8. The number of esters is 14. The molecule has 0 aromatic carbocycles. The first-order chi connectivity index (χ1) is 55.1. The molecule has 0 radical (unpaired) electrons. The summed E-state index contributed by atoms with van der Waals surface area (Å²) >= 11 is 0. The van der Waals surface area contributed by atoms with E-state index >= 15 is 0 Å². The third-order valence-electron chi connectivity index (χ3n) is 19.7. The molecule has 0 aliphatic carbocycles. The molecule has 0 spiro atoms. The van der Waals surface area contributed by atoms with E-state index in [9.17, 15) is 149 Å². The summed E-state index contributed by atoms with van der Waals surface area (Å²) in [6, 6.07) is 0. The summed E-state index contributed by atoms with van der Waals surface area (Å²) in [5, 5.41) is 158. The Kier molecular flexibility index (Phi) is 44.7. The normalized spacial score (nSPS) is 13.0. The van der Waals surface area contributed by atoms with Gasteiger partial charge in [-0.1, -0.05) is 0 Å². The molecular weight excluding hydrogens is 1610 g/mol. The molecule has 0 aliphatic heterocycles. The quantitative estimate of drug-likeness (QED) is 0.0153. The Morgan fingerprint density at radius 1 is 0.143 bits per heavy atom. The number of carbonyl (C=O) groups excluding carboxylic acids is 14. The highest BCUT2D eigenvalue weighted by Crippen LogP contribution is 2.35. The van der Waals surface area contributed by atoms with Crippen molar-refractivity contribution < 1.29 is 220 Å². The van der Waals surface area contributed by atoms with Gasteiger partial charge in [-0.2, -0.15) is 0 Å². The summed E-state index contributed by atoms with van der Waals surface area (Å²) < 4.78 is 81.0. The molecule has 688 valence electrons. The fourth-order valence-corrected chi connectivity index (χ4v) is 8.02. The zero-order chi connectivity index (χ0) is 92.3. The Labute approximate surface area is 685 Å². The largest absolute Gasteiger partial charge is 0.464 e. The zero-order valence-electron chi connectivity index (χ0n) is 69.6. The van der Waals surface area contributed by atoms with Crippen LogP contribution in [-0.2, 0) is 138 Å². The molecular formula is C74H122O45. The number of hydrogen-bond donors (Lipinski definition) is 16. The van der Waals surface area contributed by atoms with Crippen LogP contribution in [0.15, 0.2) is 0 Å². The van der Waals surface area contributed by atoms with Crippen LogP contribution in [0.1, 0.15) is 96.9 Å². The average molecular weight is 1730 g/mol. The highest BCUT2D eigenvalue weighted by atomic mass is 16.6. The smallest absolute Gasteiger partial charge is 0.318 e. The molecule has 0 atom stereocenters. The van der Waals surface area contributed by atoms with Crippen molar-refractivity contribution in [2.24, 2.45) is 75.8 Å². The van der Waals surface area contributed by atoms with Gasteiger partial charge in [0.25, 0.3) is 0 Å². The maximum Gasteiger partial charge on any atom is 0.318 e. The van der Waals surface area contributed by atoms with Crippen molar-refractivity contribution in [2.75, 3.05) is 211 Å². The van der Waals surface area contributed by atoms with Crippen molar-refractivity contribution in [1.82, 2.24) is 0 Å². The Bertz CT molecular complexity index is 2790. The maximum atomic E-state index is 14.5. The van der Waals surface area contributed by atoms with Gasteiger partial charge in [0.2, 0.25) is 0 Å². The van der Waals surface area contributed by atoms with Crippen molar-refractivity contribution in [3.63, 3.8) is 0 Å². The lowest BCUT2D eigenvalue weighted by Crippen LogP contribution is -2.48. The van der Waals surface area contributed by atoms with E-state index in [0.29, 0.717) is 0 Å². The fourth-order valence-electron chi connectivity index (χ4n) is 8.02. The number of hydrogen-bond acceptors (Lipinski definition) is 45. The van der Waals surface area contributed by atoms with Crippen molar-refractivity contribution in [2.45, 2.75) is 96.9 Å². The Morgan fingerprint density at radius 3 is 0.319 bits per heavy atom. The minimum Gasteiger partial charge on any atom is -0.464 e. The lowest BCUT2D eigenvalue weighted by atomic mass is 9.89. The van der Waals surface area contributed by atoms with Crippen LogP contribution in [0.5, 0.6) is 0 Å². The lowest BCUT2D eigenvalue weighted by Gasteiger charge is -2.33. The van der Waals surface area contributed by atoms with E-state index in [0.717, 1.165) is 96.9 Å². The Balaban J connectivity index is 7.98. The van der Waals surface area contributed by atoms with Crippen LogP contribution in [0.4, 0.5) is 0 Å². The summed E-state index contributed by atoms with van der Waals surface area (Å²) in [4.78, 5) is 192. The molecule has 0 aromatic rings. The number of carbonyl (C=O) groups is 14. The first-order valence-corrected chi connectivity index (χ1v) is 36.8. The third-order valence-corrected chi connectivity index (χ3v) is 19.7. The molecule has 0 aromatic heterocycles.